The van der Waals surface area contributed by atoms with Gasteiger partial charge in [-0.05, 0) is 17.3 Å². The lowest BCUT2D eigenvalue weighted by Gasteiger charge is -2.01. The fourth-order valence-electron chi connectivity index (χ4n) is 2.14. The molecule has 1 aromatic carbocycles. The average molecular weight is 278 g/mol. The molecular weight excluding hydrogens is 266 g/mol. The van der Waals surface area contributed by atoms with Crippen LogP contribution in [0.5, 0.6) is 0 Å². The van der Waals surface area contributed by atoms with E-state index in [1.165, 1.54) is 4.80 Å². The summed E-state index contributed by atoms with van der Waals surface area (Å²) in [6.07, 6.45) is 1.89. The van der Waals surface area contributed by atoms with E-state index in [1.54, 1.807) is 7.05 Å². The van der Waals surface area contributed by atoms with Gasteiger partial charge < -0.3 is 9.67 Å². The number of benzene rings is 1. The van der Waals surface area contributed by atoms with Crippen molar-refractivity contribution in [2.75, 3.05) is 0 Å². The zero-order valence-electron chi connectivity index (χ0n) is 10.3. The fourth-order valence-corrected chi connectivity index (χ4v) is 2.30. The largest absolute Gasteiger partial charge is 0.392 e. The van der Waals surface area contributed by atoms with E-state index in [0.717, 1.165) is 16.5 Å². The molecule has 0 amide bonds. The number of aryl methyl sites for hydroxylation is 1. The van der Waals surface area contributed by atoms with E-state index in [1.807, 2.05) is 29.0 Å². The minimum Gasteiger partial charge on any atom is -0.392 e. The van der Waals surface area contributed by atoms with Crippen molar-refractivity contribution in [1.29, 1.82) is 0 Å². The summed E-state index contributed by atoms with van der Waals surface area (Å²) >= 11 is 6.03. The second-order valence-electron chi connectivity index (χ2n) is 4.30. The Morgan fingerprint density at radius 2 is 2.21 bits per heavy atom. The van der Waals surface area contributed by atoms with Gasteiger partial charge in [0.1, 0.15) is 0 Å². The Balaban J connectivity index is 2.09. The van der Waals surface area contributed by atoms with Gasteiger partial charge >= 0.3 is 0 Å². The molecule has 0 saturated heterocycles. The smallest absolute Gasteiger partial charge is 0.194 e. The Hall–Kier alpha value is -1.92. The molecule has 2 heterocycles. The van der Waals surface area contributed by atoms with Gasteiger partial charge in [-0.3, -0.25) is 0 Å². The molecule has 0 radical (unpaired) electrons. The van der Waals surface area contributed by atoms with Crippen molar-refractivity contribution in [3.05, 3.63) is 40.8 Å². The van der Waals surface area contributed by atoms with E-state index in [9.17, 15) is 5.11 Å². The van der Waals surface area contributed by atoms with Crippen LogP contribution >= 0.6 is 11.6 Å². The fraction of sp³-hybridized carbons (Fsp3) is 0.250. The highest BCUT2D eigenvalue weighted by molar-refractivity contribution is 6.31. The van der Waals surface area contributed by atoms with Crippen LogP contribution in [0, 0.1) is 0 Å². The van der Waals surface area contributed by atoms with Gasteiger partial charge in [0.25, 0.3) is 0 Å². The Labute approximate surface area is 114 Å². The number of hydrogen-bond donors (Lipinski definition) is 1. The second kappa shape index (κ2) is 4.64. The van der Waals surface area contributed by atoms with E-state index in [4.69, 9.17) is 11.6 Å². The molecule has 0 atom stereocenters. The van der Waals surface area contributed by atoms with Gasteiger partial charge in [0.15, 0.2) is 5.82 Å². The zero-order chi connectivity index (χ0) is 13.4. The van der Waals surface area contributed by atoms with Gasteiger partial charge in [-0.2, -0.15) is 4.80 Å². The maximum Gasteiger partial charge on any atom is 0.194 e. The third-order valence-corrected chi connectivity index (χ3v) is 3.19. The van der Waals surface area contributed by atoms with Crippen molar-refractivity contribution in [3.63, 3.8) is 0 Å². The molecule has 7 heteroatoms. The summed E-state index contributed by atoms with van der Waals surface area (Å²) in [7, 11) is 1.72. The summed E-state index contributed by atoms with van der Waals surface area (Å²) in [4.78, 5) is 1.42. The highest BCUT2D eigenvalue weighted by atomic mass is 35.5. The predicted octanol–water partition coefficient (Wildman–Crippen LogP) is 1.36. The molecule has 3 aromatic rings. The molecule has 0 unspecified atom stereocenters. The highest BCUT2D eigenvalue weighted by Crippen LogP contribution is 2.25. The molecule has 0 aliphatic rings. The molecule has 98 valence electrons. The quantitative estimate of drug-likeness (QED) is 0.785. The predicted molar refractivity (Wildman–Crippen MR) is 70.8 cm³/mol. The monoisotopic (exact) mass is 277 g/mol. The van der Waals surface area contributed by atoms with Crippen molar-refractivity contribution in [2.45, 2.75) is 13.2 Å². The molecule has 0 fully saturated rings. The zero-order valence-corrected chi connectivity index (χ0v) is 11.0. The molecule has 3 rings (SSSR count). The third kappa shape index (κ3) is 2.20. The van der Waals surface area contributed by atoms with Crippen molar-refractivity contribution >= 4 is 22.5 Å². The van der Waals surface area contributed by atoms with Crippen LogP contribution in [0.4, 0.5) is 0 Å². The van der Waals surface area contributed by atoms with Crippen LogP contribution in [-0.2, 0) is 20.2 Å². The number of aromatic nitrogens is 5. The summed E-state index contributed by atoms with van der Waals surface area (Å²) in [5.41, 5.74) is 1.81. The molecule has 1 N–H and O–H groups in total. The summed E-state index contributed by atoms with van der Waals surface area (Å²) in [6, 6.07) is 5.59. The van der Waals surface area contributed by atoms with Crippen LogP contribution < -0.4 is 0 Å². The molecule has 0 saturated carbocycles. The van der Waals surface area contributed by atoms with E-state index >= 15 is 0 Å². The van der Waals surface area contributed by atoms with Crippen LogP contribution in [-0.4, -0.2) is 29.9 Å². The minimum absolute atomic E-state index is 0.0149. The first-order chi connectivity index (χ1) is 9.17. The molecule has 0 spiro atoms. The second-order valence-corrected chi connectivity index (χ2v) is 4.73. The minimum atomic E-state index is -0.0149. The topological polar surface area (TPSA) is 68.8 Å². The Kier molecular flexibility index (Phi) is 2.96. The Morgan fingerprint density at radius 3 is 2.89 bits per heavy atom. The van der Waals surface area contributed by atoms with Crippen LogP contribution in [0.2, 0.25) is 5.02 Å². The van der Waals surface area contributed by atoms with Crippen LogP contribution in [0.25, 0.3) is 10.9 Å². The average Bonchev–Trinajstić information content (AvgIpc) is 2.94. The van der Waals surface area contributed by atoms with Crippen LogP contribution in [0.3, 0.4) is 0 Å². The van der Waals surface area contributed by atoms with Crippen LogP contribution in [0.1, 0.15) is 11.4 Å². The third-order valence-electron chi connectivity index (χ3n) is 2.96. The maximum atomic E-state index is 9.39. The molecule has 2 aromatic heterocycles. The molecule has 0 aliphatic heterocycles. The first kappa shape index (κ1) is 12.1. The number of fused-ring (bicyclic) bond motifs is 1. The number of tetrazole rings is 1. The first-order valence-corrected chi connectivity index (χ1v) is 6.16. The number of rotatable bonds is 3. The van der Waals surface area contributed by atoms with Crippen molar-refractivity contribution < 1.29 is 5.11 Å². The SMILES string of the molecule is Cn1nnc(Cn2cc(CO)c3ccc(Cl)cc32)n1. The molecule has 0 aliphatic carbocycles. The van der Waals surface area contributed by atoms with E-state index in [-0.39, 0.29) is 6.61 Å². The summed E-state index contributed by atoms with van der Waals surface area (Å²) in [6.45, 7) is 0.476. The molecule has 19 heavy (non-hydrogen) atoms. The Morgan fingerprint density at radius 1 is 1.37 bits per heavy atom. The summed E-state index contributed by atoms with van der Waals surface area (Å²) in [5.74, 6) is 0.615. The van der Waals surface area contributed by atoms with E-state index < -0.39 is 0 Å². The molecule has 6 nitrogen and oxygen atoms in total. The van der Waals surface area contributed by atoms with Gasteiger partial charge in [0, 0.05) is 22.2 Å². The maximum absolute atomic E-state index is 9.39. The summed E-state index contributed by atoms with van der Waals surface area (Å²) in [5, 5.41) is 22.9. The molecular formula is C12H12ClN5O. The molecule has 0 bridgehead atoms. The number of aliphatic hydroxyl groups excluding tert-OH is 1. The lowest BCUT2D eigenvalue weighted by Crippen LogP contribution is -2.01. The first-order valence-electron chi connectivity index (χ1n) is 5.78. The van der Waals surface area contributed by atoms with Gasteiger partial charge in [0.2, 0.25) is 0 Å². The van der Waals surface area contributed by atoms with E-state index in [2.05, 4.69) is 15.4 Å². The van der Waals surface area contributed by atoms with E-state index in [0.29, 0.717) is 17.4 Å². The normalized spacial score (nSPS) is 11.3. The van der Waals surface area contributed by atoms with Crippen molar-refractivity contribution in [2.24, 2.45) is 7.05 Å². The highest BCUT2D eigenvalue weighted by Gasteiger charge is 2.10. The summed E-state index contributed by atoms with van der Waals surface area (Å²) < 4.78 is 1.96. The lowest BCUT2D eigenvalue weighted by atomic mass is 10.2. The van der Waals surface area contributed by atoms with Crippen molar-refractivity contribution in [3.8, 4) is 0 Å². The lowest BCUT2D eigenvalue weighted by molar-refractivity contribution is 0.283. The Bertz CT molecular complexity index is 733. The standard InChI is InChI=1S/C12H12ClN5O/c1-17-15-12(14-16-17)6-18-5-8(7-19)10-3-2-9(13)4-11(10)18/h2-5,19H,6-7H2,1H3. The van der Waals surface area contributed by atoms with Crippen molar-refractivity contribution in [1.82, 2.24) is 24.8 Å². The van der Waals surface area contributed by atoms with Crippen LogP contribution in [0.15, 0.2) is 24.4 Å². The van der Waals surface area contributed by atoms with Gasteiger partial charge in [-0.25, -0.2) is 0 Å². The number of hydrogen-bond acceptors (Lipinski definition) is 4. The van der Waals surface area contributed by atoms with Gasteiger partial charge in [-0.15, -0.1) is 10.2 Å². The van der Waals surface area contributed by atoms with Gasteiger partial charge in [-0.1, -0.05) is 17.7 Å². The number of aliphatic hydroxyl groups is 1. The van der Waals surface area contributed by atoms with Gasteiger partial charge in [0.05, 0.1) is 25.7 Å². The number of halogens is 1. The number of nitrogens with zero attached hydrogens (tertiary/aromatic N) is 5.